The summed E-state index contributed by atoms with van der Waals surface area (Å²) >= 11 is 2.98. The number of halogens is 4. The minimum absolute atomic E-state index is 0.338. The molecule has 0 aliphatic carbocycles. The average molecular weight is 363 g/mol. The Balaban J connectivity index is 3.26. The standard InChI is InChI=1S/C9H6BrF3O5S/c1-17-8(14)6-4-5(10)2-3-7(6)18-19(15,16)9(11,12)13/h2-4H,1H3. The van der Waals surface area contributed by atoms with Crippen LogP contribution in [0.3, 0.4) is 0 Å². The van der Waals surface area contributed by atoms with Crippen LogP contribution in [0, 0.1) is 0 Å². The summed E-state index contributed by atoms with van der Waals surface area (Å²) < 4.78 is 66.8. The molecule has 0 unspecified atom stereocenters. The predicted octanol–water partition coefficient (Wildman–Crippen LogP) is 2.46. The lowest BCUT2D eigenvalue weighted by molar-refractivity contribution is -0.0500. The predicted molar refractivity (Wildman–Crippen MR) is 61.1 cm³/mol. The van der Waals surface area contributed by atoms with Crippen molar-refractivity contribution in [3.05, 3.63) is 28.2 Å². The molecule has 19 heavy (non-hydrogen) atoms. The zero-order valence-corrected chi connectivity index (χ0v) is 11.6. The molecule has 1 aromatic rings. The molecule has 5 nitrogen and oxygen atoms in total. The molecule has 0 aliphatic heterocycles. The van der Waals surface area contributed by atoms with Crippen molar-refractivity contribution in [2.24, 2.45) is 0 Å². The Morgan fingerprint density at radius 1 is 1.32 bits per heavy atom. The van der Waals surface area contributed by atoms with Gasteiger partial charge in [-0.15, -0.1) is 0 Å². The maximum Gasteiger partial charge on any atom is 0.534 e. The normalized spacial score (nSPS) is 12.1. The van der Waals surface area contributed by atoms with E-state index in [2.05, 4.69) is 24.8 Å². The number of methoxy groups -OCH3 is 1. The number of hydrogen-bond acceptors (Lipinski definition) is 5. The summed E-state index contributed by atoms with van der Waals surface area (Å²) in [5.74, 6) is -1.80. The molecular formula is C9H6BrF3O5S. The Hall–Kier alpha value is -1.29. The quantitative estimate of drug-likeness (QED) is 0.469. The van der Waals surface area contributed by atoms with Crippen molar-refractivity contribution in [1.82, 2.24) is 0 Å². The van der Waals surface area contributed by atoms with Crippen LogP contribution in [-0.4, -0.2) is 27.0 Å². The molecule has 10 heteroatoms. The summed E-state index contributed by atoms with van der Waals surface area (Å²) in [6, 6.07) is 3.19. The lowest BCUT2D eigenvalue weighted by atomic mass is 10.2. The number of hydrogen-bond donors (Lipinski definition) is 0. The van der Waals surface area contributed by atoms with Crippen molar-refractivity contribution in [1.29, 1.82) is 0 Å². The molecule has 0 saturated heterocycles. The SMILES string of the molecule is COC(=O)c1cc(Br)ccc1OS(=O)(=O)C(F)(F)F. The zero-order valence-electron chi connectivity index (χ0n) is 9.19. The second-order valence-electron chi connectivity index (χ2n) is 3.12. The van der Waals surface area contributed by atoms with E-state index in [0.717, 1.165) is 19.2 Å². The van der Waals surface area contributed by atoms with Crippen LogP contribution in [0.4, 0.5) is 13.2 Å². The summed E-state index contributed by atoms with van der Waals surface area (Å²) in [6.45, 7) is 0. The molecule has 0 aliphatic rings. The van der Waals surface area contributed by atoms with E-state index in [4.69, 9.17) is 0 Å². The number of carbonyl (C=O) groups is 1. The van der Waals surface area contributed by atoms with E-state index in [1.165, 1.54) is 6.07 Å². The molecule has 0 bridgehead atoms. The highest BCUT2D eigenvalue weighted by Crippen LogP contribution is 2.30. The van der Waals surface area contributed by atoms with E-state index in [9.17, 15) is 26.4 Å². The molecule has 1 rings (SSSR count). The average Bonchev–Trinajstić information content (AvgIpc) is 2.28. The topological polar surface area (TPSA) is 69.7 Å². The molecule has 0 saturated carbocycles. The van der Waals surface area contributed by atoms with Crippen molar-refractivity contribution in [2.45, 2.75) is 5.51 Å². The Morgan fingerprint density at radius 2 is 1.89 bits per heavy atom. The zero-order chi connectivity index (χ0) is 14.8. The molecule has 0 radical (unpaired) electrons. The summed E-state index contributed by atoms with van der Waals surface area (Å²) in [4.78, 5) is 11.3. The molecular weight excluding hydrogens is 357 g/mol. The van der Waals surface area contributed by atoms with Crippen LogP contribution in [0.1, 0.15) is 10.4 Å². The smallest absolute Gasteiger partial charge is 0.465 e. The van der Waals surface area contributed by atoms with Gasteiger partial charge in [0, 0.05) is 4.47 Å². The van der Waals surface area contributed by atoms with Crippen molar-refractivity contribution in [2.75, 3.05) is 7.11 Å². The minimum atomic E-state index is -5.85. The van der Waals surface area contributed by atoms with Crippen LogP contribution in [0.25, 0.3) is 0 Å². The number of ether oxygens (including phenoxy) is 1. The van der Waals surface area contributed by atoms with Gasteiger partial charge in [-0.2, -0.15) is 21.6 Å². The highest BCUT2D eigenvalue weighted by Gasteiger charge is 2.49. The van der Waals surface area contributed by atoms with Crippen molar-refractivity contribution in [3.63, 3.8) is 0 Å². The lowest BCUT2D eigenvalue weighted by Crippen LogP contribution is -2.28. The number of carbonyl (C=O) groups excluding carboxylic acids is 1. The van der Waals surface area contributed by atoms with Crippen LogP contribution >= 0.6 is 15.9 Å². The van der Waals surface area contributed by atoms with Crippen LogP contribution in [0.15, 0.2) is 22.7 Å². The Labute approximate surface area is 114 Å². The van der Waals surface area contributed by atoms with Crippen molar-refractivity contribution in [3.8, 4) is 5.75 Å². The lowest BCUT2D eigenvalue weighted by Gasteiger charge is -2.12. The molecule has 0 aromatic heterocycles. The second-order valence-corrected chi connectivity index (χ2v) is 5.57. The van der Waals surface area contributed by atoms with Gasteiger partial charge >= 0.3 is 21.6 Å². The third-order valence-electron chi connectivity index (χ3n) is 1.83. The van der Waals surface area contributed by atoms with Crippen molar-refractivity contribution >= 4 is 32.0 Å². The van der Waals surface area contributed by atoms with E-state index < -0.39 is 32.9 Å². The van der Waals surface area contributed by atoms with Gasteiger partial charge in [0.05, 0.1) is 7.11 Å². The van der Waals surface area contributed by atoms with Crippen LogP contribution in [0.5, 0.6) is 5.75 Å². The number of esters is 1. The largest absolute Gasteiger partial charge is 0.534 e. The fourth-order valence-corrected chi connectivity index (χ4v) is 1.85. The third kappa shape index (κ3) is 3.60. The van der Waals surface area contributed by atoms with E-state index in [-0.39, 0.29) is 0 Å². The van der Waals surface area contributed by atoms with E-state index in [1.807, 2.05) is 0 Å². The molecule has 1 aromatic carbocycles. The van der Waals surface area contributed by atoms with E-state index in [0.29, 0.717) is 4.47 Å². The van der Waals surface area contributed by atoms with Crippen LogP contribution in [0.2, 0.25) is 0 Å². The Bertz CT molecular complexity index is 596. The van der Waals surface area contributed by atoms with Gasteiger partial charge in [0.2, 0.25) is 0 Å². The summed E-state index contributed by atoms with van der Waals surface area (Å²) in [5, 5.41) is 0. The maximum absolute atomic E-state index is 12.2. The van der Waals surface area contributed by atoms with Crippen LogP contribution in [-0.2, 0) is 14.9 Å². The Kier molecular flexibility index (Phi) is 4.46. The monoisotopic (exact) mass is 362 g/mol. The molecule has 0 heterocycles. The summed E-state index contributed by atoms with van der Waals surface area (Å²) in [5.41, 5.74) is -6.04. The fraction of sp³-hybridized carbons (Fsp3) is 0.222. The fourth-order valence-electron chi connectivity index (χ4n) is 1.01. The molecule has 0 spiro atoms. The van der Waals surface area contributed by atoms with Crippen molar-refractivity contribution < 1.29 is 35.3 Å². The first kappa shape index (κ1) is 15.8. The molecule has 0 amide bonds. The van der Waals surface area contributed by atoms with Crippen LogP contribution < -0.4 is 4.18 Å². The van der Waals surface area contributed by atoms with Gasteiger partial charge in [-0.25, -0.2) is 4.79 Å². The van der Waals surface area contributed by atoms with E-state index in [1.54, 1.807) is 0 Å². The van der Waals surface area contributed by atoms with E-state index >= 15 is 0 Å². The Morgan fingerprint density at radius 3 is 2.37 bits per heavy atom. The number of alkyl halides is 3. The van der Waals surface area contributed by atoms with Gasteiger partial charge in [-0.05, 0) is 18.2 Å². The molecule has 0 N–H and O–H groups in total. The maximum atomic E-state index is 12.2. The van der Waals surface area contributed by atoms with Gasteiger partial charge in [-0.3, -0.25) is 0 Å². The summed E-state index contributed by atoms with van der Waals surface area (Å²) in [6.07, 6.45) is 0. The second kappa shape index (κ2) is 5.37. The highest BCUT2D eigenvalue weighted by atomic mass is 79.9. The summed E-state index contributed by atoms with van der Waals surface area (Å²) in [7, 11) is -4.86. The number of rotatable bonds is 3. The first-order valence-corrected chi connectivity index (χ1v) is 6.67. The minimum Gasteiger partial charge on any atom is -0.465 e. The number of benzene rings is 1. The first-order valence-electron chi connectivity index (χ1n) is 4.47. The molecule has 0 atom stereocenters. The third-order valence-corrected chi connectivity index (χ3v) is 3.29. The van der Waals surface area contributed by atoms with Gasteiger partial charge in [-0.1, -0.05) is 15.9 Å². The van der Waals surface area contributed by atoms with Gasteiger partial charge in [0.15, 0.2) is 5.75 Å². The van der Waals surface area contributed by atoms with Gasteiger partial charge in [0.1, 0.15) is 5.56 Å². The highest BCUT2D eigenvalue weighted by molar-refractivity contribution is 9.10. The first-order chi connectivity index (χ1) is 8.58. The molecule has 106 valence electrons. The molecule has 0 fully saturated rings. The van der Waals surface area contributed by atoms with Gasteiger partial charge in [0.25, 0.3) is 0 Å². The van der Waals surface area contributed by atoms with Gasteiger partial charge < -0.3 is 8.92 Å².